The van der Waals surface area contributed by atoms with Crippen molar-refractivity contribution in [2.75, 3.05) is 32.8 Å². The maximum atomic E-state index is 12.6. The fourth-order valence-electron chi connectivity index (χ4n) is 2.56. The summed E-state index contributed by atoms with van der Waals surface area (Å²) in [5.41, 5.74) is 0. The first kappa shape index (κ1) is 16.7. The predicted molar refractivity (Wildman–Crippen MR) is 82.1 cm³/mol. The second-order valence-corrected chi connectivity index (χ2v) is 7.26. The lowest BCUT2D eigenvalue weighted by atomic mass is 10.2. The van der Waals surface area contributed by atoms with Crippen molar-refractivity contribution in [2.45, 2.75) is 24.8 Å². The number of quaternary nitrogens is 1. The molecule has 0 unspecified atom stereocenters. The van der Waals surface area contributed by atoms with Crippen LogP contribution in [0.2, 0.25) is 0 Å². The number of nitrogens with one attached hydrogen (secondary N) is 1. The van der Waals surface area contributed by atoms with Gasteiger partial charge in [0.2, 0.25) is 10.0 Å². The van der Waals surface area contributed by atoms with E-state index in [9.17, 15) is 8.42 Å². The third kappa shape index (κ3) is 3.58. The van der Waals surface area contributed by atoms with Gasteiger partial charge in [-0.3, -0.25) is 0 Å². The number of piperazine rings is 1. The molecule has 0 radical (unpaired) electrons. The van der Waals surface area contributed by atoms with Crippen LogP contribution in [0.4, 0.5) is 0 Å². The van der Waals surface area contributed by atoms with Crippen LogP contribution in [0.3, 0.4) is 0 Å². The van der Waals surface area contributed by atoms with Crippen molar-refractivity contribution in [1.29, 1.82) is 5.26 Å². The fraction of sp³-hybridized carbons (Fsp3) is 0.533. The molecule has 0 amide bonds. The molecule has 22 heavy (non-hydrogen) atoms. The van der Waals surface area contributed by atoms with Crippen molar-refractivity contribution in [3.05, 3.63) is 24.3 Å². The van der Waals surface area contributed by atoms with Gasteiger partial charge in [0.25, 0.3) is 0 Å². The van der Waals surface area contributed by atoms with Crippen molar-refractivity contribution < 1.29 is 18.1 Å². The van der Waals surface area contributed by atoms with E-state index in [-0.39, 0.29) is 10.9 Å². The van der Waals surface area contributed by atoms with Gasteiger partial charge < -0.3 is 9.64 Å². The molecule has 1 saturated heterocycles. The second kappa shape index (κ2) is 7.09. The maximum absolute atomic E-state index is 12.6. The Labute approximate surface area is 131 Å². The van der Waals surface area contributed by atoms with Crippen LogP contribution in [0.5, 0.6) is 5.75 Å². The number of hydrogen-bond acceptors (Lipinski definition) is 4. The lowest BCUT2D eigenvalue weighted by Crippen LogP contribution is -3.17. The zero-order chi connectivity index (χ0) is 16.2. The van der Waals surface area contributed by atoms with E-state index >= 15 is 0 Å². The molecule has 0 bridgehead atoms. The summed E-state index contributed by atoms with van der Waals surface area (Å²) in [5.74, 6) is 0.665. The van der Waals surface area contributed by atoms with Crippen LogP contribution in [0, 0.1) is 11.3 Å². The number of hydrogen-bond donors (Lipinski definition) is 1. The molecule has 1 fully saturated rings. The molecule has 6 nitrogen and oxygen atoms in total. The first-order valence-electron chi connectivity index (χ1n) is 7.46. The zero-order valence-electron chi connectivity index (χ0n) is 12.9. The van der Waals surface area contributed by atoms with Crippen molar-refractivity contribution in [3.63, 3.8) is 0 Å². The van der Waals surface area contributed by atoms with Crippen molar-refractivity contribution in [3.8, 4) is 11.8 Å². The van der Waals surface area contributed by atoms with E-state index < -0.39 is 10.0 Å². The monoisotopic (exact) mass is 324 g/mol. The van der Waals surface area contributed by atoms with Gasteiger partial charge in [-0.25, -0.2) is 8.42 Å². The molecule has 1 atom stereocenters. The number of benzene rings is 1. The lowest BCUT2D eigenvalue weighted by Gasteiger charge is -2.32. The van der Waals surface area contributed by atoms with Gasteiger partial charge in [-0.15, -0.1) is 0 Å². The first-order chi connectivity index (χ1) is 10.5. The smallest absolute Gasteiger partial charge is 0.243 e. The molecule has 1 heterocycles. The third-order valence-corrected chi connectivity index (χ3v) is 5.86. The first-order valence-corrected chi connectivity index (χ1v) is 8.90. The molecule has 2 rings (SSSR count). The van der Waals surface area contributed by atoms with E-state index in [2.05, 4.69) is 6.07 Å². The van der Waals surface area contributed by atoms with Crippen LogP contribution in [-0.2, 0) is 10.0 Å². The molecule has 1 aliphatic heterocycles. The fourth-order valence-corrected chi connectivity index (χ4v) is 4.00. The quantitative estimate of drug-likeness (QED) is 0.820. The summed E-state index contributed by atoms with van der Waals surface area (Å²) < 4.78 is 32.1. The van der Waals surface area contributed by atoms with Crippen molar-refractivity contribution >= 4 is 10.0 Å². The van der Waals surface area contributed by atoms with Gasteiger partial charge in [0.15, 0.2) is 6.04 Å². The Bertz CT molecular complexity index is 629. The molecule has 0 aliphatic carbocycles. The van der Waals surface area contributed by atoms with Gasteiger partial charge in [-0.05, 0) is 31.2 Å². The van der Waals surface area contributed by atoms with Crippen LogP contribution >= 0.6 is 0 Å². The highest BCUT2D eigenvalue weighted by molar-refractivity contribution is 7.89. The molecule has 120 valence electrons. The summed E-state index contributed by atoms with van der Waals surface area (Å²) in [4.78, 5) is 1.42. The Morgan fingerprint density at radius 3 is 2.41 bits per heavy atom. The van der Waals surface area contributed by atoms with Crippen molar-refractivity contribution in [2.24, 2.45) is 0 Å². The third-order valence-electron chi connectivity index (χ3n) is 3.94. The predicted octanol–water partition coefficient (Wildman–Crippen LogP) is -0.113. The van der Waals surface area contributed by atoms with E-state index in [1.807, 2.05) is 13.8 Å². The second-order valence-electron chi connectivity index (χ2n) is 5.32. The van der Waals surface area contributed by atoms with Crippen LogP contribution in [0.1, 0.15) is 13.8 Å². The molecule has 1 N–H and O–H groups in total. The molecule has 1 aliphatic rings. The van der Waals surface area contributed by atoms with Crippen LogP contribution in [0.15, 0.2) is 29.2 Å². The average Bonchev–Trinajstić information content (AvgIpc) is 2.55. The van der Waals surface area contributed by atoms with Gasteiger partial charge in [0.05, 0.1) is 37.7 Å². The SMILES string of the molecule is CCOc1ccc(S(=O)(=O)N2CC[NH+]([C@@H](C)C#N)CC2)cc1. The molecular formula is C15H22N3O3S+. The lowest BCUT2D eigenvalue weighted by molar-refractivity contribution is -0.918. The molecular weight excluding hydrogens is 302 g/mol. The van der Waals surface area contributed by atoms with E-state index in [0.717, 1.165) is 4.90 Å². The number of rotatable bonds is 5. The number of sulfonamides is 1. The summed E-state index contributed by atoms with van der Waals surface area (Å²) in [6.07, 6.45) is 0. The standard InChI is InChI=1S/C15H21N3O3S/c1-3-21-14-4-6-15(7-5-14)22(19,20)18-10-8-17(9-11-18)13(2)12-16/h4-7,13H,3,8-11H2,1-2H3/p+1/t13-/m0/s1. The highest BCUT2D eigenvalue weighted by Gasteiger charge is 2.32. The highest BCUT2D eigenvalue weighted by Crippen LogP contribution is 2.19. The van der Waals surface area contributed by atoms with E-state index in [4.69, 9.17) is 10.00 Å². The largest absolute Gasteiger partial charge is 0.494 e. The molecule has 1 aromatic carbocycles. The average molecular weight is 324 g/mol. The summed E-state index contributed by atoms with van der Waals surface area (Å²) in [7, 11) is -3.47. The minimum Gasteiger partial charge on any atom is -0.494 e. The number of ether oxygens (including phenoxy) is 1. The van der Waals surface area contributed by atoms with E-state index in [0.29, 0.717) is 38.5 Å². The Kier molecular flexibility index (Phi) is 5.40. The molecule has 0 saturated carbocycles. The Morgan fingerprint density at radius 1 is 1.32 bits per heavy atom. The summed E-state index contributed by atoms with van der Waals surface area (Å²) >= 11 is 0. The van der Waals surface area contributed by atoms with Crippen LogP contribution in [0.25, 0.3) is 0 Å². The van der Waals surface area contributed by atoms with Gasteiger partial charge >= 0.3 is 0 Å². The zero-order valence-corrected chi connectivity index (χ0v) is 13.8. The summed E-state index contributed by atoms with van der Waals surface area (Å²) in [6, 6.07) is 8.63. The van der Waals surface area contributed by atoms with Gasteiger partial charge in [-0.2, -0.15) is 9.57 Å². The minimum atomic E-state index is -3.47. The normalized spacial score (nSPS) is 18.6. The van der Waals surface area contributed by atoms with Gasteiger partial charge in [0, 0.05) is 6.92 Å². The van der Waals surface area contributed by atoms with Crippen molar-refractivity contribution in [1.82, 2.24) is 4.31 Å². The topological polar surface area (TPSA) is 74.8 Å². The van der Waals surface area contributed by atoms with Gasteiger partial charge in [0.1, 0.15) is 11.8 Å². The van der Waals surface area contributed by atoms with E-state index in [1.165, 1.54) is 4.31 Å². The van der Waals surface area contributed by atoms with E-state index in [1.54, 1.807) is 24.3 Å². The minimum absolute atomic E-state index is 0.102. The summed E-state index contributed by atoms with van der Waals surface area (Å²) in [5, 5.41) is 8.95. The molecule has 1 aromatic rings. The maximum Gasteiger partial charge on any atom is 0.243 e. The Hall–Kier alpha value is -1.62. The highest BCUT2D eigenvalue weighted by atomic mass is 32.2. The molecule has 0 spiro atoms. The summed E-state index contributed by atoms with van der Waals surface area (Å²) in [6.45, 7) is 6.50. The van der Waals surface area contributed by atoms with Gasteiger partial charge in [-0.1, -0.05) is 0 Å². The molecule has 7 heteroatoms. The number of nitrogens with zero attached hydrogens (tertiary/aromatic N) is 2. The Morgan fingerprint density at radius 2 is 1.91 bits per heavy atom. The molecule has 0 aromatic heterocycles. The Balaban J connectivity index is 2.07. The van der Waals surface area contributed by atoms with Crippen LogP contribution < -0.4 is 9.64 Å². The number of nitriles is 1. The van der Waals surface area contributed by atoms with Crippen LogP contribution in [-0.4, -0.2) is 51.6 Å².